The van der Waals surface area contributed by atoms with E-state index in [1.807, 2.05) is 18.2 Å². The molecule has 6 heteroatoms. The highest BCUT2D eigenvalue weighted by Gasteiger charge is 2.40. The first-order chi connectivity index (χ1) is 16.6. The SMILES string of the molecule is N#Cc1ccc2c(c1)CCN(CCC1(C(=O)Nc3cc(F)c4ccccc4n3)CCCCC1)C2. The summed E-state index contributed by atoms with van der Waals surface area (Å²) in [7, 11) is 0. The molecule has 0 spiro atoms. The lowest BCUT2D eigenvalue weighted by Crippen LogP contribution is -2.42. The van der Waals surface area contributed by atoms with Crippen LogP contribution in [-0.2, 0) is 17.8 Å². The topological polar surface area (TPSA) is 69.0 Å². The van der Waals surface area contributed by atoms with E-state index in [1.165, 1.54) is 17.2 Å². The number of halogens is 1. The fourth-order valence-electron chi connectivity index (χ4n) is 5.51. The van der Waals surface area contributed by atoms with Gasteiger partial charge in [-0.25, -0.2) is 9.37 Å². The Balaban J connectivity index is 1.30. The third kappa shape index (κ3) is 4.53. The number of para-hydroxylation sites is 1. The van der Waals surface area contributed by atoms with Gasteiger partial charge in [0, 0.05) is 24.5 Å². The molecule has 1 aromatic heterocycles. The zero-order valence-electron chi connectivity index (χ0n) is 19.3. The van der Waals surface area contributed by atoms with Crippen molar-refractivity contribution in [3.8, 4) is 6.07 Å². The van der Waals surface area contributed by atoms with E-state index >= 15 is 0 Å². The predicted molar refractivity (Wildman–Crippen MR) is 131 cm³/mol. The number of amides is 1. The number of anilines is 1. The van der Waals surface area contributed by atoms with E-state index in [9.17, 15) is 9.18 Å². The van der Waals surface area contributed by atoms with Crippen molar-refractivity contribution < 1.29 is 9.18 Å². The van der Waals surface area contributed by atoms with Crippen molar-refractivity contribution >= 4 is 22.6 Å². The number of benzene rings is 2. The zero-order chi connectivity index (χ0) is 23.5. The Bertz CT molecular complexity index is 1260. The number of nitrogens with zero attached hydrogens (tertiary/aromatic N) is 3. The lowest BCUT2D eigenvalue weighted by Gasteiger charge is -2.38. The minimum atomic E-state index is -0.451. The first-order valence-electron chi connectivity index (χ1n) is 12.2. The molecule has 1 saturated carbocycles. The quantitative estimate of drug-likeness (QED) is 0.544. The molecule has 1 amide bonds. The van der Waals surface area contributed by atoms with E-state index in [1.54, 1.807) is 18.2 Å². The van der Waals surface area contributed by atoms with Crippen LogP contribution in [0.2, 0.25) is 0 Å². The first kappa shape index (κ1) is 22.5. The molecule has 174 valence electrons. The molecule has 34 heavy (non-hydrogen) atoms. The van der Waals surface area contributed by atoms with Crippen LogP contribution in [0.4, 0.5) is 10.2 Å². The summed E-state index contributed by atoms with van der Waals surface area (Å²) in [5.41, 5.74) is 3.33. The number of rotatable bonds is 5. The van der Waals surface area contributed by atoms with Crippen LogP contribution in [0.25, 0.3) is 10.9 Å². The van der Waals surface area contributed by atoms with Crippen LogP contribution in [0, 0.1) is 22.6 Å². The molecule has 3 aromatic rings. The molecular weight excluding hydrogens is 427 g/mol. The second kappa shape index (κ2) is 9.52. The molecule has 2 heterocycles. The predicted octanol–water partition coefficient (Wildman–Crippen LogP) is 5.58. The summed E-state index contributed by atoms with van der Waals surface area (Å²) in [6.45, 7) is 2.61. The van der Waals surface area contributed by atoms with E-state index in [0.717, 1.165) is 64.6 Å². The van der Waals surface area contributed by atoms with Gasteiger partial charge in [0.15, 0.2) is 0 Å². The van der Waals surface area contributed by atoms with Crippen molar-refractivity contribution in [2.75, 3.05) is 18.4 Å². The number of fused-ring (bicyclic) bond motifs is 2. The zero-order valence-corrected chi connectivity index (χ0v) is 19.3. The minimum absolute atomic E-state index is 0.0366. The Morgan fingerprint density at radius 3 is 2.76 bits per heavy atom. The van der Waals surface area contributed by atoms with Gasteiger partial charge in [0.2, 0.25) is 5.91 Å². The van der Waals surface area contributed by atoms with Gasteiger partial charge in [0.1, 0.15) is 11.6 Å². The van der Waals surface area contributed by atoms with Crippen molar-refractivity contribution in [2.45, 2.75) is 51.5 Å². The number of nitriles is 1. The summed E-state index contributed by atoms with van der Waals surface area (Å²) in [5.74, 6) is -0.123. The molecule has 0 unspecified atom stereocenters. The Kier molecular flexibility index (Phi) is 6.30. The van der Waals surface area contributed by atoms with E-state index in [2.05, 4.69) is 27.3 Å². The maximum atomic E-state index is 14.6. The third-order valence-electron chi connectivity index (χ3n) is 7.53. The lowest BCUT2D eigenvalue weighted by molar-refractivity contribution is -0.128. The number of aromatic nitrogens is 1. The smallest absolute Gasteiger partial charge is 0.231 e. The molecular formula is C28H29FN4O. The molecule has 2 aromatic carbocycles. The van der Waals surface area contributed by atoms with Crippen molar-refractivity contribution in [3.63, 3.8) is 0 Å². The number of pyridine rings is 1. The van der Waals surface area contributed by atoms with Crippen molar-refractivity contribution in [2.24, 2.45) is 5.41 Å². The average Bonchev–Trinajstić information content (AvgIpc) is 2.87. The molecule has 0 bridgehead atoms. The second-order valence-corrected chi connectivity index (χ2v) is 9.67. The average molecular weight is 457 g/mol. The summed E-state index contributed by atoms with van der Waals surface area (Å²) in [6.07, 6.45) is 6.62. The van der Waals surface area contributed by atoms with Gasteiger partial charge in [-0.1, -0.05) is 37.5 Å². The van der Waals surface area contributed by atoms with Crippen LogP contribution in [0.5, 0.6) is 0 Å². The van der Waals surface area contributed by atoms with Crippen LogP contribution >= 0.6 is 0 Å². The summed E-state index contributed by atoms with van der Waals surface area (Å²) in [5, 5.41) is 12.6. The molecule has 5 nitrogen and oxygen atoms in total. The Hall–Kier alpha value is -3.30. The van der Waals surface area contributed by atoms with Gasteiger partial charge in [-0.15, -0.1) is 0 Å². The maximum absolute atomic E-state index is 14.6. The van der Waals surface area contributed by atoms with Crippen molar-refractivity contribution in [1.29, 1.82) is 5.26 Å². The first-order valence-corrected chi connectivity index (χ1v) is 12.2. The van der Waals surface area contributed by atoms with E-state index in [-0.39, 0.29) is 17.5 Å². The number of carbonyl (C=O) groups excluding carboxylic acids is 1. The van der Waals surface area contributed by atoms with Gasteiger partial charge in [0.25, 0.3) is 0 Å². The normalized spacial score (nSPS) is 17.6. The summed E-state index contributed by atoms with van der Waals surface area (Å²) in [6, 6.07) is 16.5. The fourth-order valence-corrected chi connectivity index (χ4v) is 5.51. The van der Waals surface area contributed by atoms with Gasteiger partial charge >= 0.3 is 0 Å². The molecule has 1 aliphatic heterocycles. The van der Waals surface area contributed by atoms with Gasteiger partial charge in [0.05, 0.1) is 22.6 Å². The minimum Gasteiger partial charge on any atom is -0.310 e. The monoisotopic (exact) mass is 456 g/mol. The van der Waals surface area contributed by atoms with Gasteiger partial charge in [-0.2, -0.15) is 5.26 Å². The highest BCUT2D eigenvalue weighted by molar-refractivity contribution is 5.95. The largest absolute Gasteiger partial charge is 0.310 e. The lowest BCUT2D eigenvalue weighted by atomic mass is 9.71. The van der Waals surface area contributed by atoms with Crippen LogP contribution in [-0.4, -0.2) is 28.9 Å². The second-order valence-electron chi connectivity index (χ2n) is 9.67. The van der Waals surface area contributed by atoms with Crippen LogP contribution in [0.3, 0.4) is 0 Å². The molecule has 1 aliphatic carbocycles. The molecule has 2 aliphatic rings. The molecule has 1 N–H and O–H groups in total. The number of hydrogen-bond acceptors (Lipinski definition) is 4. The standard InChI is InChI=1S/C28H29FN4O/c29-24-17-26(31-25-7-3-2-6-23(24)25)32-27(34)28(11-4-1-5-12-28)13-15-33-14-10-21-16-20(18-30)8-9-22(21)19-33/h2-3,6-9,16-17H,1,4-5,10-15,19H2,(H,31,32,34). The van der Waals surface area contributed by atoms with Crippen LogP contribution < -0.4 is 5.32 Å². The highest BCUT2D eigenvalue weighted by atomic mass is 19.1. The Morgan fingerprint density at radius 1 is 1.12 bits per heavy atom. The molecule has 5 rings (SSSR count). The van der Waals surface area contributed by atoms with Gasteiger partial charge in [-0.3, -0.25) is 9.69 Å². The molecule has 0 saturated heterocycles. The molecule has 1 fully saturated rings. The Morgan fingerprint density at radius 2 is 1.94 bits per heavy atom. The molecule has 0 radical (unpaired) electrons. The maximum Gasteiger partial charge on any atom is 0.231 e. The van der Waals surface area contributed by atoms with Gasteiger partial charge in [-0.05, 0) is 67.6 Å². The summed E-state index contributed by atoms with van der Waals surface area (Å²) >= 11 is 0. The van der Waals surface area contributed by atoms with Crippen molar-refractivity contribution in [3.05, 3.63) is 71.0 Å². The summed E-state index contributed by atoms with van der Waals surface area (Å²) in [4.78, 5) is 20.5. The van der Waals surface area contributed by atoms with Gasteiger partial charge < -0.3 is 5.32 Å². The molecule has 0 atom stereocenters. The van der Waals surface area contributed by atoms with Crippen molar-refractivity contribution in [1.82, 2.24) is 9.88 Å². The number of hydrogen-bond donors (Lipinski definition) is 1. The van der Waals surface area contributed by atoms with Crippen LogP contribution in [0.15, 0.2) is 48.5 Å². The summed E-state index contributed by atoms with van der Waals surface area (Å²) < 4.78 is 14.6. The van der Waals surface area contributed by atoms with Crippen LogP contribution in [0.1, 0.15) is 55.2 Å². The van der Waals surface area contributed by atoms with E-state index in [4.69, 9.17) is 5.26 Å². The van der Waals surface area contributed by atoms with E-state index in [0.29, 0.717) is 16.5 Å². The third-order valence-corrected chi connectivity index (χ3v) is 7.53. The number of nitrogens with one attached hydrogen (secondary N) is 1. The Labute approximate surface area is 199 Å². The van der Waals surface area contributed by atoms with E-state index < -0.39 is 5.41 Å². The highest BCUT2D eigenvalue weighted by Crippen LogP contribution is 2.41. The number of carbonyl (C=O) groups is 1. The fraction of sp³-hybridized carbons (Fsp3) is 0.393.